The molecule has 2 rings (SSSR count). The number of pyridine rings is 1. The summed E-state index contributed by atoms with van der Waals surface area (Å²) in [5.41, 5.74) is -0.122. The summed E-state index contributed by atoms with van der Waals surface area (Å²) in [6, 6.07) is 1.14. The summed E-state index contributed by atoms with van der Waals surface area (Å²) in [6.45, 7) is 1.87. The van der Waals surface area contributed by atoms with Gasteiger partial charge >= 0.3 is 5.97 Å². The van der Waals surface area contributed by atoms with Crippen molar-refractivity contribution in [3.63, 3.8) is 0 Å². The number of rotatable bonds is 3. The van der Waals surface area contributed by atoms with E-state index in [0.717, 1.165) is 38.2 Å². The number of carbonyl (C=O) groups is 1. The molecule has 0 aromatic carbocycles. The number of nitrogens with one attached hydrogen (secondary N) is 1. The molecule has 18 heavy (non-hydrogen) atoms. The number of anilines is 1. The number of nitrogens with zero attached hydrogens (tertiary/aromatic N) is 2. The Labute approximate surface area is 105 Å². The van der Waals surface area contributed by atoms with Gasteiger partial charge in [0.25, 0.3) is 0 Å². The number of likely N-dealkylation sites (N-methyl/N-ethyl adjacent to an activating group) is 1. The van der Waals surface area contributed by atoms with Crippen LogP contribution in [0.5, 0.6) is 0 Å². The van der Waals surface area contributed by atoms with E-state index in [4.69, 9.17) is 5.11 Å². The van der Waals surface area contributed by atoms with E-state index in [-0.39, 0.29) is 17.4 Å². The van der Waals surface area contributed by atoms with Crippen LogP contribution in [0, 0.1) is 5.82 Å². The molecule has 0 aliphatic carbocycles. The molecule has 1 aromatic heterocycles. The second kappa shape index (κ2) is 5.30. The molecule has 0 spiro atoms. The second-order valence-electron chi connectivity index (χ2n) is 4.60. The van der Waals surface area contributed by atoms with E-state index in [1.165, 1.54) is 0 Å². The van der Waals surface area contributed by atoms with E-state index < -0.39 is 11.8 Å². The quantitative estimate of drug-likeness (QED) is 0.853. The fraction of sp³-hybridized carbons (Fsp3) is 0.500. The summed E-state index contributed by atoms with van der Waals surface area (Å²) in [7, 11) is 2.02. The number of aromatic carboxylic acids is 1. The van der Waals surface area contributed by atoms with Gasteiger partial charge in [-0.1, -0.05) is 0 Å². The Morgan fingerprint density at radius 1 is 1.67 bits per heavy atom. The van der Waals surface area contributed by atoms with Crippen LogP contribution in [0.1, 0.15) is 23.2 Å². The Hall–Kier alpha value is -1.69. The lowest BCUT2D eigenvalue weighted by atomic mass is 10.1. The van der Waals surface area contributed by atoms with E-state index in [2.05, 4.69) is 15.2 Å². The highest BCUT2D eigenvalue weighted by Crippen LogP contribution is 2.18. The molecule has 2 heterocycles. The van der Waals surface area contributed by atoms with E-state index in [1.54, 1.807) is 0 Å². The highest BCUT2D eigenvalue weighted by atomic mass is 19.1. The number of halogens is 1. The van der Waals surface area contributed by atoms with Crippen molar-refractivity contribution in [3.8, 4) is 0 Å². The fourth-order valence-corrected chi connectivity index (χ4v) is 2.19. The van der Waals surface area contributed by atoms with E-state index >= 15 is 0 Å². The summed E-state index contributed by atoms with van der Waals surface area (Å²) in [6.07, 6.45) is 3.04. The first-order chi connectivity index (χ1) is 8.56. The number of carboxylic acid groups (broad SMARTS) is 1. The van der Waals surface area contributed by atoms with Crippen LogP contribution in [0.2, 0.25) is 0 Å². The molecule has 1 aliphatic heterocycles. The van der Waals surface area contributed by atoms with Gasteiger partial charge in [-0.05, 0) is 32.5 Å². The number of hydrogen-bond donors (Lipinski definition) is 2. The first-order valence-electron chi connectivity index (χ1n) is 5.90. The molecule has 6 heteroatoms. The average molecular weight is 253 g/mol. The van der Waals surface area contributed by atoms with Crippen LogP contribution in [-0.2, 0) is 0 Å². The maximum absolute atomic E-state index is 13.0. The van der Waals surface area contributed by atoms with Gasteiger partial charge in [-0.3, -0.25) is 0 Å². The van der Waals surface area contributed by atoms with Gasteiger partial charge in [0.2, 0.25) is 0 Å². The molecule has 0 amide bonds. The lowest BCUT2D eigenvalue weighted by Gasteiger charge is -2.30. The normalized spacial score (nSPS) is 20.7. The zero-order valence-electron chi connectivity index (χ0n) is 10.2. The minimum atomic E-state index is -1.17. The molecule has 1 saturated heterocycles. The molecule has 98 valence electrons. The predicted octanol–water partition coefficient (Wildman–Crippen LogP) is 1.43. The zero-order valence-corrected chi connectivity index (χ0v) is 10.2. The standard InChI is InChI=1S/C12H16FN3O2/c1-16-4-2-3-9(7-16)15-11-10(12(17)18)5-8(13)6-14-11/h5-6,9H,2-4,7H2,1H3,(H,14,15)(H,17,18). The Bertz CT molecular complexity index is 453. The molecule has 0 radical (unpaired) electrons. The molecule has 0 bridgehead atoms. The van der Waals surface area contributed by atoms with Gasteiger partial charge in [0.15, 0.2) is 0 Å². The van der Waals surface area contributed by atoms with Crippen molar-refractivity contribution in [2.75, 3.05) is 25.5 Å². The van der Waals surface area contributed by atoms with Crippen molar-refractivity contribution in [2.45, 2.75) is 18.9 Å². The van der Waals surface area contributed by atoms with Gasteiger partial charge in [0.05, 0.1) is 6.20 Å². The van der Waals surface area contributed by atoms with Crippen LogP contribution < -0.4 is 5.32 Å². The Morgan fingerprint density at radius 3 is 3.11 bits per heavy atom. The fourth-order valence-electron chi connectivity index (χ4n) is 2.19. The smallest absolute Gasteiger partial charge is 0.339 e. The molecule has 1 aliphatic rings. The molecule has 2 N–H and O–H groups in total. The third kappa shape index (κ3) is 2.95. The predicted molar refractivity (Wildman–Crippen MR) is 65.3 cm³/mol. The Balaban J connectivity index is 2.15. The summed E-state index contributed by atoms with van der Waals surface area (Å²) in [4.78, 5) is 17.0. The van der Waals surface area contributed by atoms with Crippen LogP contribution in [-0.4, -0.2) is 47.1 Å². The van der Waals surface area contributed by atoms with Crippen molar-refractivity contribution >= 4 is 11.8 Å². The van der Waals surface area contributed by atoms with Crippen molar-refractivity contribution < 1.29 is 14.3 Å². The van der Waals surface area contributed by atoms with Crippen molar-refractivity contribution in [1.82, 2.24) is 9.88 Å². The van der Waals surface area contributed by atoms with Crippen LogP contribution in [0.15, 0.2) is 12.3 Å². The molecule has 1 atom stereocenters. The minimum Gasteiger partial charge on any atom is -0.478 e. The Kier molecular flexibility index (Phi) is 3.76. The Morgan fingerprint density at radius 2 is 2.44 bits per heavy atom. The van der Waals surface area contributed by atoms with Gasteiger partial charge in [0.1, 0.15) is 17.2 Å². The zero-order chi connectivity index (χ0) is 13.1. The minimum absolute atomic E-state index is 0.122. The number of carboxylic acids is 1. The number of piperidine rings is 1. The molecule has 1 aromatic rings. The van der Waals surface area contributed by atoms with E-state index in [1.807, 2.05) is 7.05 Å². The first-order valence-corrected chi connectivity index (χ1v) is 5.90. The molecular weight excluding hydrogens is 237 g/mol. The van der Waals surface area contributed by atoms with Crippen LogP contribution >= 0.6 is 0 Å². The van der Waals surface area contributed by atoms with E-state index in [0.29, 0.717) is 0 Å². The molecule has 1 unspecified atom stereocenters. The summed E-state index contributed by atoms with van der Waals surface area (Å²) in [5.74, 6) is -1.57. The van der Waals surface area contributed by atoms with Crippen LogP contribution in [0.25, 0.3) is 0 Å². The largest absolute Gasteiger partial charge is 0.478 e. The third-order valence-corrected chi connectivity index (χ3v) is 3.05. The van der Waals surface area contributed by atoms with Crippen molar-refractivity contribution in [1.29, 1.82) is 0 Å². The summed E-state index contributed by atoms with van der Waals surface area (Å²) in [5, 5.41) is 12.1. The van der Waals surface area contributed by atoms with Gasteiger partial charge < -0.3 is 15.3 Å². The monoisotopic (exact) mass is 253 g/mol. The van der Waals surface area contributed by atoms with Crippen molar-refractivity contribution in [2.24, 2.45) is 0 Å². The maximum atomic E-state index is 13.0. The van der Waals surface area contributed by atoms with Gasteiger partial charge in [-0.15, -0.1) is 0 Å². The lowest BCUT2D eigenvalue weighted by Crippen LogP contribution is -2.40. The van der Waals surface area contributed by atoms with Crippen LogP contribution in [0.3, 0.4) is 0 Å². The third-order valence-electron chi connectivity index (χ3n) is 3.05. The van der Waals surface area contributed by atoms with E-state index in [9.17, 15) is 9.18 Å². The highest BCUT2D eigenvalue weighted by Gasteiger charge is 2.20. The van der Waals surface area contributed by atoms with Gasteiger partial charge in [-0.2, -0.15) is 0 Å². The molecule has 5 nitrogen and oxygen atoms in total. The number of hydrogen-bond acceptors (Lipinski definition) is 4. The average Bonchev–Trinajstić information content (AvgIpc) is 2.31. The molecule has 1 fully saturated rings. The second-order valence-corrected chi connectivity index (χ2v) is 4.60. The number of aromatic nitrogens is 1. The molecular formula is C12H16FN3O2. The number of likely N-dealkylation sites (tertiary alicyclic amines) is 1. The topological polar surface area (TPSA) is 65.5 Å². The SMILES string of the molecule is CN1CCCC(Nc2ncc(F)cc2C(=O)O)C1. The summed E-state index contributed by atoms with van der Waals surface area (Å²) < 4.78 is 13.0. The lowest BCUT2D eigenvalue weighted by molar-refractivity contribution is 0.0697. The maximum Gasteiger partial charge on any atom is 0.339 e. The van der Waals surface area contributed by atoms with Crippen molar-refractivity contribution in [3.05, 3.63) is 23.6 Å². The summed E-state index contributed by atoms with van der Waals surface area (Å²) >= 11 is 0. The first kappa shape index (κ1) is 12.8. The highest BCUT2D eigenvalue weighted by molar-refractivity contribution is 5.93. The van der Waals surface area contributed by atoms with Crippen LogP contribution in [0.4, 0.5) is 10.2 Å². The molecule has 0 saturated carbocycles. The van der Waals surface area contributed by atoms with Gasteiger partial charge in [0, 0.05) is 12.6 Å². The van der Waals surface area contributed by atoms with Gasteiger partial charge in [-0.25, -0.2) is 14.2 Å².